The normalized spacial score (nSPS) is 10.6. The van der Waals surface area contributed by atoms with Gasteiger partial charge in [-0.1, -0.05) is 35.5 Å². The number of rotatable bonds is 5. The maximum absolute atomic E-state index is 13.3. The maximum atomic E-state index is 13.3. The monoisotopic (exact) mass is 287 g/mol. The van der Waals surface area contributed by atoms with Gasteiger partial charge in [0.1, 0.15) is 12.4 Å². The van der Waals surface area contributed by atoms with Crippen LogP contribution in [0.5, 0.6) is 0 Å². The van der Waals surface area contributed by atoms with Crippen molar-refractivity contribution in [2.75, 3.05) is 7.11 Å². The van der Waals surface area contributed by atoms with Gasteiger partial charge in [-0.25, -0.2) is 9.18 Å². The van der Waals surface area contributed by atoms with Crippen LogP contribution in [0.25, 0.3) is 0 Å². The van der Waals surface area contributed by atoms with E-state index in [0.29, 0.717) is 11.1 Å². The molecule has 0 aliphatic carbocycles. The molecule has 0 fully saturated rings. The van der Waals surface area contributed by atoms with Crippen molar-refractivity contribution < 1.29 is 18.8 Å². The van der Waals surface area contributed by atoms with E-state index in [9.17, 15) is 9.18 Å². The largest absolute Gasteiger partial charge is 0.465 e. The molecule has 0 aliphatic heterocycles. The molecule has 0 heterocycles. The molecule has 0 bridgehead atoms. The van der Waals surface area contributed by atoms with Gasteiger partial charge in [0.2, 0.25) is 0 Å². The third kappa shape index (κ3) is 4.14. The minimum absolute atomic E-state index is 0.0589. The van der Waals surface area contributed by atoms with Crippen LogP contribution in [-0.2, 0) is 16.2 Å². The summed E-state index contributed by atoms with van der Waals surface area (Å²) in [7, 11) is 1.33. The van der Waals surface area contributed by atoms with Gasteiger partial charge in [0.25, 0.3) is 0 Å². The SMILES string of the molecule is COC(=O)c1ccc(/C=N/OCc2ccccc2F)cc1. The van der Waals surface area contributed by atoms with E-state index in [1.807, 2.05) is 0 Å². The van der Waals surface area contributed by atoms with Crippen LogP contribution < -0.4 is 0 Å². The van der Waals surface area contributed by atoms with Gasteiger partial charge in [-0.3, -0.25) is 0 Å². The molecule has 0 saturated carbocycles. The number of nitrogens with zero attached hydrogens (tertiary/aromatic N) is 1. The lowest BCUT2D eigenvalue weighted by atomic mass is 10.1. The first kappa shape index (κ1) is 14.7. The summed E-state index contributed by atoms with van der Waals surface area (Å²) < 4.78 is 17.9. The highest BCUT2D eigenvalue weighted by Gasteiger charge is 2.03. The molecule has 0 unspecified atom stereocenters. The van der Waals surface area contributed by atoms with E-state index in [2.05, 4.69) is 9.89 Å². The predicted octanol–water partition coefficient (Wildman–Crippen LogP) is 3.16. The molecule has 0 amide bonds. The van der Waals surface area contributed by atoms with Gasteiger partial charge in [-0.2, -0.15) is 0 Å². The number of hydrogen-bond acceptors (Lipinski definition) is 4. The van der Waals surface area contributed by atoms with E-state index < -0.39 is 5.97 Å². The van der Waals surface area contributed by atoms with Crippen LogP contribution >= 0.6 is 0 Å². The molecular formula is C16H14FNO3. The summed E-state index contributed by atoms with van der Waals surface area (Å²) >= 11 is 0. The van der Waals surface area contributed by atoms with E-state index in [1.165, 1.54) is 19.4 Å². The quantitative estimate of drug-likeness (QED) is 0.482. The lowest BCUT2D eigenvalue weighted by Crippen LogP contribution is -2.00. The van der Waals surface area contributed by atoms with Gasteiger partial charge < -0.3 is 9.57 Å². The van der Waals surface area contributed by atoms with Crippen LogP contribution in [0.2, 0.25) is 0 Å². The van der Waals surface area contributed by atoms with Crippen LogP contribution in [0.4, 0.5) is 4.39 Å². The fourth-order valence-electron chi connectivity index (χ4n) is 1.64. The fourth-order valence-corrected chi connectivity index (χ4v) is 1.64. The Labute approximate surface area is 121 Å². The van der Waals surface area contributed by atoms with E-state index >= 15 is 0 Å². The fraction of sp³-hybridized carbons (Fsp3) is 0.125. The molecule has 0 saturated heterocycles. The standard InChI is InChI=1S/C16H14FNO3/c1-20-16(19)13-8-6-12(7-9-13)10-18-21-11-14-4-2-3-5-15(14)17/h2-10H,11H2,1H3/b18-10+. The first-order valence-electron chi connectivity index (χ1n) is 6.28. The summed E-state index contributed by atoms with van der Waals surface area (Å²) in [6, 6.07) is 13.0. The second-order valence-corrected chi connectivity index (χ2v) is 4.21. The summed E-state index contributed by atoms with van der Waals surface area (Å²) in [6.07, 6.45) is 1.49. The van der Waals surface area contributed by atoms with Gasteiger partial charge in [0.05, 0.1) is 18.9 Å². The summed E-state index contributed by atoms with van der Waals surface area (Å²) in [4.78, 5) is 16.3. The minimum atomic E-state index is -0.394. The van der Waals surface area contributed by atoms with Crippen molar-refractivity contribution in [3.63, 3.8) is 0 Å². The molecule has 0 N–H and O–H groups in total. The average Bonchev–Trinajstić information content (AvgIpc) is 2.53. The Morgan fingerprint density at radius 1 is 1.19 bits per heavy atom. The minimum Gasteiger partial charge on any atom is -0.465 e. The molecule has 0 spiro atoms. The molecule has 21 heavy (non-hydrogen) atoms. The van der Waals surface area contributed by atoms with Crippen molar-refractivity contribution in [2.24, 2.45) is 5.16 Å². The van der Waals surface area contributed by atoms with Gasteiger partial charge in [0, 0.05) is 5.56 Å². The molecule has 0 radical (unpaired) electrons. The van der Waals surface area contributed by atoms with Crippen LogP contribution in [0.1, 0.15) is 21.5 Å². The Balaban J connectivity index is 1.90. The average molecular weight is 287 g/mol. The van der Waals surface area contributed by atoms with E-state index in [-0.39, 0.29) is 12.4 Å². The number of halogens is 1. The van der Waals surface area contributed by atoms with Crippen LogP contribution in [0.15, 0.2) is 53.7 Å². The topological polar surface area (TPSA) is 47.9 Å². The molecule has 5 heteroatoms. The number of esters is 1. The highest BCUT2D eigenvalue weighted by molar-refractivity contribution is 5.90. The van der Waals surface area contributed by atoms with Gasteiger partial charge in [-0.15, -0.1) is 0 Å². The first-order chi connectivity index (χ1) is 10.2. The second kappa shape index (κ2) is 7.19. The van der Waals surface area contributed by atoms with E-state index in [0.717, 1.165) is 5.56 Å². The van der Waals surface area contributed by atoms with E-state index in [4.69, 9.17) is 4.84 Å². The first-order valence-corrected chi connectivity index (χ1v) is 6.28. The van der Waals surface area contributed by atoms with Crippen LogP contribution in [0.3, 0.4) is 0 Å². The predicted molar refractivity (Wildman–Crippen MR) is 76.6 cm³/mol. The molecule has 108 valence electrons. The van der Waals surface area contributed by atoms with Crippen molar-refractivity contribution in [1.82, 2.24) is 0 Å². The molecular weight excluding hydrogens is 273 g/mol. The molecule has 2 aromatic carbocycles. The molecule has 0 aromatic heterocycles. The number of carbonyl (C=O) groups excluding carboxylic acids is 1. The lowest BCUT2D eigenvalue weighted by molar-refractivity contribution is 0.0600. The van der Waals surface area contributed by atoms with Gasteiger partial charge in [-0.05, 0) is 23.8 Å². The zero-order chi connectivity index (χ0) is 15.1. The van der Waals surface area contributed by atoms with Crippen molar-refractivity contribution in [2.45, 2.75) is 6.61 Å². The molecule has 4 nitrogen and oxygen atoms in total. The molecule has 2 rings (SSSR count). The maximum Gasteiger partial charge on any atom is 0.337 e. The number of ether oxygens (including phenoxy) is 1. The number of methoxy groups -OCH3 is 1. The Morgan fingerprint density at radius 3 is 2.57 bits per heavy atom. The summed E-state index contributed by atoms with van der Waals surface area (Å²) in [5.74, 6) is -0.718. The highest BCUT2D eigenvalue weighted by atomic mass is 19.1. The van der Waals surface area contributed by atoms with Crippen molar-refractivity contribution in [3.05, 3.63) is 71.0 Å². The van der Waals surface area contributed by atoms with E-state index in [1.54, 1.807) is 42.5 Å². The van der Waals surface area contributed by atoms with Gasteiger partial charge in [0.15, 0.2) is 0 Å². The Morgan fingerprint density at radius 2 is 1.90 bits per heavy atom. The summed E-state index contributed by atoms with van der Waals surface area (Å²) in [5, 5.41) is 3.76. The molecule has 0 aliphatic rings. The summed E-state index contributed by atoms with van der Waals surface area (Å²) in [5.41, 5.74) is 1.66. The highest BCUT2D eigenvalue weighted by Crippen LogP contribution is 2.08. The van der Waals surface area contributed by atoms with Crippen LogP contribution in [0, 0.1) is 5.82 Å². The Bertz CT molecular complexity index is 638. The van der Waals surface area contributed by atoms with Crippen molar-refractivity contribution >= 4 is 12.2 Å². The third-order valence-electron chi connectivity index (χ3n) is 2.79. The van der Waals surface area contributed by atoms with Crippen molar-refractivity contribution in [1.29, 1.82) is 0 Å². The molecule has 2 aromatic rings. The summed E-state index contributed by atoms with van der Waals surface area (Å²) in [6.45, 7) is 0.0589. The molecule has 0 atom stereocenters. The van der Waals surface area contributed by atoms with Crippen LogP contribution in [-0.4, -0.2) is 19.3 Å². The lowest BCUT2D eigenvalue weighted by Gasteiger charge is -2.01. The zero-order valence-electron chi connectivity index (χ0n) is 11.5. The Kier molecular flexibility index (Phi) is 5.04. The number of oxime groups is 1. The number of hydrogen-bond donors (Lipinski definition) is 0. The van der Waals surface area contributed by atoms with Gasteiger partial charge >= 0.3 is 5.97 Å². The number of benzene rings is 2. The number of carbonyl (C=O) groups is 1. The third-order valence-corrected chi connectivity index (χ3v) is 2.79. The smallest absolute Gasteiger partial charge is 0.337 e. The Hall–Kier alpha value is -2.69. The zero-order valence-corrected chi connectivity index (χ0v) is 11.5. The second-order valence-electron chi connectivity index (χ2n) is 4.21. The van der Waals surface area contributed by atoms with Crippen molar-refractivity contribution in [3.8, 4) is 0 Å².